The number of carbonyl (C=O) groups excluding carboxylic acids is 3. The molecule has 1 aromatic carbocycles. The molecule has 2 aromatic heterocycles. The molecule has 0 amide bonds. The Balaban J connectivity index is 1.01. The molecule has 3 aromatic rings. The van der Waals surface area contributed by atoms with E-state index in [1.807, 2.05) is 30.3 Å². The minimum absolute atomic E-state index is 0.0397. The molecule has 0 bridgehead atoms. The number of hydrogen-bond donors (Lipinski definition) is 0. The number of benzene rings is 1. The van der Waals surface area contributed by atoms with Crippen molar-refractivity contribution in [2.75, 3.05) is 53.7 Å². The first-order valence-electron chi connectivity index (χ1n) is 26.5. The Morgan fingerprint density at radius 1 is 0.797 bits per heavy atom. The zero-order valence-corrected chi connectivity index (χ0v) is 44.0. The lowest BCUT2D eigenvalue weighted by atomic mass is 9.85. The zero-order chi connectivity index (χ0) is 49.7. The molecule has 3 atom stereocenters. The molecule has 2 aliphatic heterocycles. The molecular formula is C55H85N3O10P+. The third kappa shape index (κ3) is 17.7. The van der Waals surface area contributed by atoms with Gasteiger partial charge in [0.1, 0.15) is 13.2 Å². The van der Waals surface area contributed by atoms with Crippen LogP contribution in [0, 0.1) is 0 Å². The molecule has 0 fully saturated rings. The quantitative estimate of drug-likeness (QED) is 0.0108. The summed E-state index contributed by atoms with van der Waals surface area (Å²) in [5.74, 6) is -1.66. The smallest absolute Gasteiger partial charge is 0.355 e. The van der Waals surface area contributed by atoms with E-state index in [1.165, 1.54) is 83.5 Å². The van der Waals surface area contributed by atoms with Gasteiger partial charge in [-0.15, -0.1) is 0 Å². The van der Waals surface area contributed by atoms with Gasteiger partial charge < -0.3 is 28.0 Å². The van der Waals surface area contributed by atoms with Gasteiger partial charge in [0, 0.05) is 55.2 Å². The van der Waals surface area contributed by atoms with E-state index in [4.69, 9.17) is 28.5 Å². The highest BCUT2D eigenvalue weighted by molar-refractivity contribution is 7.58. The fourth-order valence-corrected chi connectivity index (χ4v) is 11.0. The van der Waals surface area contributed by atoms with Crippen LogP contribution in [0.5, 0.6) is 0 Å². The average Bonchev–Trinajstić information content (AvgIpc) is 3.66. The van der Waals surface area contributed by atoms with Crippen molar-refractivity contribution >= 4 is 36.2 Å². The van der Waals surface area contributed by atoms with Crippen molar-refractivity contribution in [2.45, 2.75) is 193 Å². The molecule has 5 rings (SSSR count). The lowest BCUT2D eigenvalue weighted by Crippen LogP contribution is -2.47. The zero-order valence-electron chi connectivity index (χ0n) is 43.1. The van der Waals surface area contributed by atoms with Gasteiger partial charge in [-0.25, -0.2) is 9.78 Å². The van der Waals surface area contributed by atoms with E-state index in [9.17, 15) is 23.7 Å². The monoisotopic (exact) mass is 979 g/mol. The molecule has 0 radical (unpaired) electrons. The van der Waals surface area contributed by atoms with E-state index in [2.05, 4.69) is 28.1 Å². The van der Waals surface area contributed by atoms with Gasteiger partial charge in [-0.05, 0) is 43.9 Å². The Kier molecular flexibility index (Phi) is 22.9. The summed E-state index contributed by atoms with van der Waals surface area (Å²) in [5.41, 5.74) is 1.62. The second-order valence-corrected chi connectivity index (χ2v) is 23.3. The summed E-state index contributed by atoms with van der Waals surface area (Å²) in [6.45, 7) is 7.21. The Bertz CT molecular complexity index is 2220. The molecule has 0 N–H and O–H groups in total. The van der Waals surface area contributed by atoms with Crippen molar-refractivity contribution in [1.82, 2.24) is 9.55 Å². The highest BCUT2D eigenvalue weighted by Gasteiger charge is 2.50. The summed E-state index contributed by atoms with van der Waals surface area (Å²) >= 11 is 0. The topological polar surface area (TPSA) is 149 Å². The number of aromatic nitrogens is 2. The van der Waals surface area contributed by atoms with Crippen LogP contribution >= 0.6 is 7.37 Å². The Morgan fingerprint density at radius 3 is 2.01 bits per heavy atom. The standard InChI is InChI=1S/C55H85N3O10P/c1-7-9-10-11-12-13-14-15-16-17-18-19-20-24-29-36-64-42-51(68-69(6,63)37-30-35-58(3,4)5)66-49(59)33-25-22-21-23-26-34-50(60)67-55(8-2)46-39-48-52-44(38-43-31-27-28-32-47(43)56-52)40-57(48)53(61)45(46)41-65-54(55)62/h27-28,31-32,38-39,51H,7-26,29-30,33-37,40-42H2,1-6H3/q+1/t51-,55+,69?/m1/s1. The number of rotatable bonds is 35. The lowest BCUT2D eigenvalue weighted by Gasteiger charge is -2.35. The normalized spacial score (nSPS) is 16.6. The van der Waals surface area contributed by atoms with Crippen molar-refractivity contribution in [3.05, 3.63) is 63.4 Å². The summed E-state index contributed by atoms with van der Waals surface area (Å²) in [6, 6.07) is 11.6. The van der Waals surface area contributed by atoms with Gasteiger partial charge >= 0.3 is 17.9 Å². The third-order valence-corrected chi connectivity index (χ3v) is 15.4. The van der Waals surface area contributed by atoms with Crippen LogP contribution < -0.4 is 5.56 Å². The first kappa shape index (κ1) is 56.0. The fraction of sp³-hybridized carbons (Fsp3) is 0.691. The minimum atomic E-state index is -3.05. The number of hydrogen-bond acceptors (Lipinski definition) is 11. The van der Waals surface area contributed by atoms with Crippen LogP contribution in [-0.4, -0.2) is 92.0 Å². The lowest BCUT2D eigenvalue weighted by molar-refractivity contribution is -0.870. The highest BCUT2D eigenvalue weighted by atomic mass is 31.2. The van der Waals surface area contributed by atoms with Gasteiger partial charge in [0.15, 0.2) is 0 Å². The molecule has 0 aliphatic carbocycles. The van der Waals surface area contributed by atoms with Crippen molar-refractivity contribution in [3.63, 3.8) is 0 Å². The summed E-state index contributed by atoms with van der Waals surface area (Å²) < 4.78 is 45.0. The fourth-order valence-electron chi connectivity index (χ4n) is 9.58. The van der Waals surface area contributed by atoms with E-state index < -0.39 is 37.2 Å². The van der Waals surface area contributed by atoms with Gasteiger partial charge in [0.2, 0.25) is 19.3 Å². The Hall–Kier alpha value is -3.90. The van der Waals surface area contributed by atoms with Crippen molar-refractivity contribution in [2.24, 2.45) is 0 Å². The van der Waals surface area contributed by atoms with Crippen LogP contribution in [0.3, 0.4) is 0 Å². The highest BCUT2D eigenvalue weighted by Crippen LogP contribution is 2.45. The van der Waals surface area contributed by atoms with Crippen LogP contribution in [0.1, 0.15) is 185 Å². The average molecular weight is 979 g/mol. The number of pyridine rings is 2. The molecule has 384 valence electrons. The number of carbonyl (C=O) groups is 3. The molecule has 0 saturated carbocycles. The second-order valence-electron chi connectivity index (χ2n) is 20.7. The number of nitrogens with zero attached hydrogens (tertiary/aromatic N) is 3. The first-order valence-corrected chi connectivity index (χ1v) is 28.8. The van der Waals surface area contributed by atoms with Crippen LogP contribution in [0.15, 0.2) is 41.2 Å². The van der Waals surface area contributed by atoms with Crippen LogP contribution in [0.25, 0.3) is 22.3 Å². The summed E-state index contributed by atoms with van der Waals surface area (Å²) in [7, 11) is 3.24. The van der Waals surface area contributed by atoms with Crippen LogP contribution in [0.2, 0.25) is 0 Å². The molecule has 1 unspecified atom stereocenters. The van der Waals surface area contributed by atoms with E-state index in [1.54, 1.807) is 24.2 Å². The molecule has 0 spiro atoms. The second kappa shape index (κ2) is 28.2. The van der Waals surface area contributed by atoms with Crippen molar-refractivity contribution in [3.8, 4) is 11.4 Å². The van der Waals surface area contributed by atoms with E-state index in [0.717, 1.165) is 59.6 Å². The molecule has 14 heteroatoms. The number of ether oxygens (including phenoxy) is 4. The number of quaternary nitrogens is 1. The maximum absolute atomic E-state index is 13.9. The number of esters is 3. The van der Waals surface area contributed by atoms with E-state index >= 15 is 0 Å². The summed E-state index contributed by atoms with van der Waals surface area (Å²) in [6.07, 6.45) is 23.1. The molecule has 4 heterocycles. The molecular weight excluding hydrogens is 894 g/mol. The predicted molar refractivity (Wildman–Crippen MR) is 273 cm³/mol. The van der Waals surface area contributed by atoms with E-state index in [0.29, 0.717) is 61.1 Å². The number of cyclic esters (lactones) is 1. The van der Waals surface area contributed by atoms with Gasteiger partial charge in [-0.2, -0.15) is 0 Å². The SMILES string of the molecule is CCCCCCCCCCCCCCCCCOC[C@H](OC(=O)CCCCCCCC(=O)O[C@]1(CC)C(=O)OCc2c1cc1n(c2=O)Cc2cc3ccccc3nc2-1)OP(C)(=O)CCC[N+](C)(C)C. The molecule has 0 saturated heterocycles. The number of para-hydroxylation sites is 1. The summed E-state index contributed by atoms with van der Waals surface area (Å²) in [4.78, 5) is 58.6. The largest absolute Gasteiger partial charge is 0.457 e. The minimum Gasteiger partial charge on any atom is -0.457 e. The van der Waals surface area contributed by atoms with Crippen LogP contribution in [0.4, 0.5) is 0 Å². The van der Waals surface area contributed by atoms with Gasteiger partial charge in [-0.3, -0.25) is 23.5 Å². The molecule has 69 heavy (non-hydrogen) atoms. The third-order valence-electron chi connectivity index (χ3n) is 13.6. The maximum atomic E-state index is 13.9. The van der Waals surface area contributed by atoms with Crippen molar-refractivity contribution < 1.29 is 46.9 Å². The Morgan fingerprint density at radius 2 is 1.39 bits per heavy atom. The predicted octanol–water partition coefficient (Wildman–Crippen LogP) is 12.1. The van der Waals surface area contributed by atoms with Gasteiger partial charge in [0.25, 0.3) is 5.56 Å². The number of fused-ring (bicyclic) bond motifs is 5. The molecule has 2 aliphatic rings. The van der Waals surface area contributed by atoms with Crippen molar-refractivity contribution in [1.29, 1.82) is 0 Å². The Labute approximate surface area is 412 Å². The molecule has 13 nitrogen and oxygen atoms in total. The number of unbranched alkanes of at least 4 members (excludes halogenated alkanes) is 18. The van der Waals surface area contributed by atoms with E-state index in [-0.39, 0.29) is 38.0 Å². The van der Waals surface area contributed by atoms with Gasteiger partial charge in [0.05, 0.1) is 56.7 Å². The van der Waals surface area contributed by atoms with Gasteiger partial charge in [-0.1, -0.05) is 141 Å². The van der Waals surface area contributed by atoms with Crippen LogP contribution in [-0.2, 0) is 61.2 Å². The maximum Gasteiger partial charge on any atom is 0.355 e. The summed E-state index contributed by atoms with van der Waals surface area (Å²) in [5, 5.41) is 0.975. The first-order chi connectivity index (χ1) is 33.2.